The highest BCUT2D eigenvalue weighted by atomic mass is 16.6. The fourth-order valence-corrected chi connectivity index (χ4v) is 1.58. The van der Waals surface area contributed by atoms with Crippen molar-refractivity contribution in [1.82, 2.24) is 4.90 Å². The van der Waals surface area contributed by atoms with Gasteiger partial charge in [0.05, 0.1) is 12.7 Å². The molecule has 0 N–H and O–H groups in total. The topological polar surface area (TPSA) is 49.9 Å². The zero-order valence-corrected chi connectivity index (χ0v) is 7.49. The van der Waals surface area contributed by atoms with E-state index in [1.807, 2.05) is 0 Å². The van der Waals surface area contributed by atoms with E-state index in [2.05, 4.69) is 0 Å². The molecular weight excluding hydrogens is 170 g/mol. The standard InChI is InChI=1S/C9H13NO3/c11-8-3-4-9(12)10(8)5-1-2-7-6-13-7/h7H,1-6H2. The van der Waals surface area contributed by atoms with Crippen molar-refractivity contribution < 1.29 is 14.3 Å². The van der Waals surface area contributed by atoms with Crippen LogP contribution in [0.15, 0.2) is 0 Å². The Labute approximate surface area is 76.8 Å². The summed E-state index contributed by atoms with van der Waals surface area (Å²) < 4.78 is 5.04. The predicted octanol–water partition coefficient (Wildman–Crippen LogP) is 0.314. The molecule has 0 aliphatic carbocycles. The van der Waals surface area contributed by atoms with Crippen LogP contribution in [0.5, 0.6) is 0 Å². The summed E-state index contributed by atoms with van der Waals surface area (Å²) in [6.45, 7) is 1.43. The van der Waals surface area contributed by atoms with Crippen molar-refractivity contribution in [2.45, 2.75) is 31.8 Å². The molecule has 13 heavy (non-hydrogen) atoms. The van der Waals surface area contributed by atoms with Gasteiger partial charge in [-0.25, -0.2) is 0 Å². The average molecular weight is 183 g/mol. The van der Waals surface area contributed by atoms with E-state index in [1.54, 1.807) is 0 Å². The first-order valence-corrected chi connectivity index (χ1v) is 4.72. The van der Waals surface area contributed by atoms with Gasteiger partial charge in [-0.15, -0.1) is 0 Å². The molecule has 1 atom stereocenters. The maximum absolute atomic E-state index is 11.1. The summed E-state index contributed by atoms with van der Waals surface area (Å²) in [7, 11) is 0. The lowest BCUT2D eigenvalue weighted by atomic mass is 10.2. The molecule has 0 aromatic heterocycles. The first-order chi connectivity index (χ1) is 6.27. The van der Waals surface area contributed by atoms with Gasteiger partial charge in [0.15, 0.2) is 0 Å². The number of hydrogen-bond donors (Lipinski definition) is 0. The lowest BCUT2D eigenvalue weighted by molar-refractivity contribution is -0.138. The molecule has 2 saturated heterocycles. The summed E-state index contributed by atoms with van der Waals surface area (Å²) in [5.41, 5.74) is 0. The lowest BCUT2D eigenvalue weighted by Crippen LogP contribution is -2.30. The molecule has 1 unspecified atom stereocenters. The molecule has 2 aliphatic rings. The smallest absolute Gasteiger partial charge is 0.229 e. The largest absolute Gasteiger partial charge is 0.373 e. The van der Waals surface area contributed by atoms with Crippen molar-refractivity contribution in [2.75, 3.05) is 13.2 Å². The summed E-state index contributed by atoms with van der Waals surface area (Å²) in [5.74, 6) is -0.0246. The van der Waals surface area contributed by atoms with Crippen molar-refractivity contribution >= 4 is 11.8 Å². The molecule has 4 nitrogen and oxygen atoms in total. The van der Waals surface area contributed by atoms with Gasteiger partial charge < -0.3 is 4.74 Å². The van der Waals surface area contributed by atoms with Gasteiger partial charge in [0.25, 0.3) is 0 Å². The minimum absolute atomic E-state index is 0.0123. The molecule has 0 aromatic carbocycles. The molecule has 0 saturated carbocycles. The van der Waals surface area contributed by atoms with Gasteiger partial charge in [-0.2, -0.15) is 0 Å². The number of epoxide rings is 1. The van der Waals surface area contributed by atoms with Gasteiger partial charge in [0.1, 0.15) is 0 Å². The van der Waals surface area contributed by atoms with E-state index < -0.39 is 0 Å². The van der Waals surface area contributed by atoms with Crippen LogP contribution < -0.4 is 0 Å². The van der Waals surface area contributed by atoms with Crippen LogP contribution in [-0.4, -0.2) is 36.0 Å². The molecule has 2 fully saturated rings. The molecule has 2 amide bonds. The minimum atomic E-state index is -0.0123. The van der Waals surface area contributed by atoms with E-state index in [0.717, 1.165) is 19.4 Å². The Morgan fingerprint density at radius 2 is 1.92 bits per heavy atom. The monoisotopic (exact) mass is 183 g/mol. The number of nitrogens with zero attached hydrogens (tertiary/aromatic N) is 1. The molecule has 0 spiro atoms. The Hall–Kier alpha value is -0.900. The highest BCUT2D eigenvalue weighted by Crippen LogP contribution is 2.17. The van der Waals surface area contributed by atoms with Crippen LogP contribution in [0.2, 0.25) is 0 Å². The highest BCUT2D eigenvalue weighted by Gasteiger charge is 2.29. The molecule has 4 heteroatoms. The molecule has 2 aliphatic heterocycles. The second-order valence-electron chi connectivity index (χ2n) is 3.54. The zero-order chi connectivity index (χ0) is 9.26. The third kappa shape index (κ3) is 2.06. The van der Waals surface area contributed by atoms with Gasteiger partial charge in [-0.3, -0.25) is 14.5 Å². The van der Waals surface area contributed by atoms with Crippen LogP contribution in [0.1, 0.15) is 25.7 Å². The quantitative estimate of drug-likeness (QED) is 0.465. The summed E-state index contributed by atoms with van der Waals surface area (Å²) in [6.07, 6.45) is 3.05. The van der Waals surface area contributed by atoms with E-state index in [4.69, 9.17) is 4.74 Å². The number of carbonyl (C=O) groups is 2. The lowest BCUT2D eigenvalue weighted by Gasteiger charge is -2.12. The number of ether oxygens (including phenoxy) is 1. The molecule has 0 radical (unpaired) electrons. The minimum Gasteiger partial charge on any atom is -0.373 e. The van der Waals surface area contributed by atoms with Crippen LogP contribution in [0.4, 0.5) is 0 Å². The molecular formula is C9H13NO3. The molecule has 0 bridgehead atoms. The number of amides is 2. The number of likely N-dealkylation sites (tertiary alicyclic amines) is 1. The first kappa shape index (κ1) is 8.69. The van der Waals surface area contributed by atoms with E-state index >= 15 is 0 Å². The molecule has 72 valence electrons. The van der Waals surface area contributed by atoms with Gasteiger partial charge in [0.2, 0.25) is 11.8 Å². The van der Waals surface area contributed by atoms with E-state index in [1.165, 1.54) is 4.90 Å². The van der Waals surface area contributed by atoms with E-state index in [9.17, 15) is 9.59 Å². The Morgan fingerprint density at radius 1 is 1.31 bits per heavy atom. The van der Waals surface area contributed by atoms with Crippen LogP contribution >= 0.6 is 0 Å². The summed E-state index contributed by atoms with van der Waals surface area (Å²) in [4.78, 5) is 23.7. The normalized spacial score (nSPS) is 27.1. The Morgan fingerprint density at radius 3 is 2.46 bits per heavy atom. The van der Waals surface area contributed by atoms with E-state index in [0.29, 0.717) is 25.5 Å². The van der Waals surface area contributed by atoms with Crippen molar-refractivity contribution in [3.8, 4) is 0 Å². The SMILES string of the molecule is O=C1CCC(=O)N1CCCC1CO1. The maximum atomic E-state index is 11.1. The van der Waals surface area contributed by atoms with Crippen molar-refractivity contribution in [3.63, 3.8) is 0 Å². The fraction of sp³-hybridized carbons (Fsp3) is 0.778. The number of rotatable bonds is 4. The number of imide groups is 1. The van der Waals surface area contributed by atoms with Crippen molar-refractivity contribution in [2.24, 2.45) is 0 Å². The van der Waals surface area contributed by atoms with Crippen LogP contribution in [0.25, 0.3) is 0 Å². The second-order valence-corrected chi connectivity index (χ2v) is 3.54. The highest BCUT2D eigenvalue weighted by molar-refractivity contribution is 6.01. The first-order valence-electron chi connectivity index (χ1n) is 4.72. The molecule has 0 aromatic rings. The Kier molecular flexibility index (Phi) is 2.31. The van der Waals surface area contributed by atoms with Crippen LogP contribution in [0, 0.1) is 0 Å². The maximum Gasteiger partial charge on any atom is 0.229 e. The Bertz CT molecular complexity index is 219. The third-order valence-electron chi connectivity index (χ3n) is 2.47. The summed E-state index contributed by atoms with van der Waals surface area (Å²) in [5, 5.41) is 0. The molecule has 2 rings (SSSR count). The summed E-state index contributed by atoms with van der Waals surface area (Å²) >= 11 is 0. The number of carbonyl (C=O) groups excluding carboxylic acids is 2. The van der Waals surface area contributed by atoms with Crippen LogP contribution in [0.3, 0.4) is 0 Å². The van der Waals surface area contributed by atoms with Gasteiger partial charge >= 0.3 is 0 Å². The van der Waals surface area contributed by atoms with Crippen LogP contribution in [-0.2, 0) is 14.3 Å². The average Bonchev–Trinajstić information content (AvgIpc) is 2.86. The van der Waals surface area contributed by atoms with Crippen molar-refractivity contribution in [3.05, 3.63) is 0 Å². The zero-order valence-electron chi connectivity index (χ0n) is 7.49. The van der Waals surface area contributed by atoms with E-state index in [-0.39, 0.29) is 11.8 Å². The van der Waals surface area contributed by atoms with Gasteiger partial charge in [-0.1, -0.05) is 0 Å². The fourth-order valence-electron chi connectivity index (χ4n) is 1.58. The summed E-state index contributed by atoms with van der Waals surface area (Å²) in [6, 6.07) is 0. The predicted molar refractivity (Wildman–Crippen MR) is 44.9 cm³/mol. The number of hydrogen-bond acceptors (Lipinski definition) is 3. The van der Waals surface area contributed by atoms with Gasteiger partial charge in [0, 0.05) is 19.4 Å². The van der Waals surface area contributed by atoms with Gasteiger partial charge in [-0.05, 0) is 12.8 Å². The Balaban J connectivity index is 1.72. The third-order valence-corrected chi connectivity index (χ3v) is 2.47. The van der Waals surface area contributed by atoms with Crippen molar-refractivity contribution in [1.29, 1.82) is 0 Å². The second kappa shape index (κ2) is 3.46. The molecule has 2 heterocycles.